The minimum atomic E-state index is -5.36. The molecule has 0 saturated carbocycles. The van der Waals surface area contributed by atoms with E-state index in [1.165, 1.54) is 0 Å². The Bertz CT molecular complexity index is 31.5. The predicted octanol–water partition coefficient (Wildman–Crippen LogP) is -8.26. The van der Waals surface area contributed by atoms with Gasteiger partial charge in [-0.1, -0.05) is 0 Å². The van der Waals surface area contributed by atoms with E-state index in [-0.39, 0.29) is 80.9 Å². The van der Waals surface area contributed by atoms with Crippen LogP contribution in [0.1, 0.15) is 0 Å². The van der Waals surface area contributed by atoms with Crippen LogP contribution in [0, 0.1) is 0 Å². The second-order valence-corrected chi connectivity index (χ2v) is 1.57. The van der Waals surface area contributed by atoms with Crippen molar-refractivity contribution in [3.05, 3.63) is 0 Å². The van der Waals surface area contributed by atoms with Crippen LogP contribution in [0.25, 0.3) is 0 Å². The van der Waals surface area contributed by atoms with Gasteiger partial charge in [0.05, 0.1) is 0 Å². The molecule has 4 nitrogen and oxygen atoms in total. The summed E-state index contributed by atoms with van der Waals surface area (Å²) in [6.07, 6.45) is 0. The van der Waals surface area contributed by atoms with Crippen molar-refractivity contribution in [2.75, 3.05) is 0 Å². The molecule has 40 valence electrons. The van der Waals surface area contributed by atoms with Crippen molar-refractivity contribution in [1.29, 1.82) is 0 Å². The van der Waals surface area contributed by atoms with Crippen molar-refractivity contribution >= 4 is 77.6 Å². The van der Waals surface area contributed by atoms with Gasteiger partial charge >= 0.3 is 68.5 Å². The monoisotopic (exact) mass is 240 g/mol. The van der Waals surface area contributed by atoms with Gasteiger partial charge in [-0.3, -0.25) is 0 Å². The number of hydrogen-bond acceptors (Lipinski definition) is 4. The van der Waals surface area contributed by atoms with Crippen molar-refractivity contribution in [2.24, 2.45) is 0 Å². The Morgan fingerprint density at radius 2 is 1.12 bits per heavy atom. The van der Waals surface area contributed by atoms with Crippen LogP contribution in [-0.4, -0.2) is 82.4 Å². The molecular formula is HClMgO4SiSr. The van der Waals surface area contributed by atoms with Gasteiger partial charge in [-0.2, -0.15) is 0 Å². The summed E-state index contributed by atoms with van der Waals surface area (Å²) >= 11 is 0. The first-order valence-corrected chi connectivity index (χ1v) is 2.51. The summed E-state index contributed by atoms with van der Waals surface area (Å²) in [6.45, 7) is 0. The van der Waals surface area contributed by atoms with E-state index in [4.69, 9.17) is 19.2 Å². The van der Waals surface area contributed by atoms with Crippen molar-refractivity contribution in [1.82, 2.24) is 0 Å². The van der Waals surface area contributed by atoms with E-state index in [1.54, 1.807) is 0 Å². The fourth-order valence-corrected chi connectivity index (χ4v) is 0. The summed E-state index contributed by atoms with van der Waals surface area (Å²) in [7, 11) is -5.36. The van der Waals surface area contributed by atoms with Crippen LogP contribution < -0.4 is 26.8 Å². The summed E-state index contributed by atoms with van der Waals surface area (Å²) in [5, 5.41) is 0. The van der Waals surface area contributed by atoms with E-state index in [9.17, 15) is 0 Å². The fourth-order valence-electron chi connectivity index (χ4n) is 0. The Hall–Kier alpha value is 2.59. The molecule has 8 heavy (non-hydrogen) atoms. The maximum Gasteiger partial charge on any atom is 2.00 e. The van der Waals surface area contributed by atoms with Gasteiger partial charge < -0.3 is 31.6 Å². The Morgan fingerprint density at radius 1 is 1.12 bits per heavy atom. The Balaban J connectivity index is -0.0000000267. The van der Waals surface area contributed by atoms with E-state index >= 15 is 0 Å². The molecule has 0 heterocycles. The van der Waals surface area contributed by atoms with Crippen LogP contribution in [0.2, 0.25) is 0 Å². The van der Waals surface area contributed by atoms with Crippen LogP contribution in [-0.2, 0) is 0 Å². The van der Waals surface area contributed by atoms with E-state index in [0.717, 1.165) is 0 Å². The van der Waals surface area contributed by atoms with Crippen molar-refractivity contribution < 1.29 is 31.6 Å². The molecule has 0 rings (SSSR count). The Kier molecular flexibility index (Phi) is 26.9. The molecule has 0 aromatic heterocycles. The third kappa shape index (κ3) is 73.7. The van der Waals surface area contributed by atoms with Gasteiger partial charge in [0, 0.05) is 0 Å². The molecule has 0 aliphatic carbocycles. The fraction of sp³-hybridized carbons (Fsp3) is 0. The van der Waals surface area contributed by atoms with Gasteiger partial charge in [0.2, 0.25) is 0 Å². The van der Waals surface area contributed by atoms with Gasteiger partial charge in [-0.15, -0.1) is 9.05 Å². The maximum absolute atomic E-state index is 8.69. The van der Waals surface area contributed by atoms with Crippen LogP contribution in [0.4, 0.5) is 0 Å². The maximum atomic E-state index is 8.69. The summed E-state index contributed by atoms with van der Waals surface area (Å²) in [5.41, 5.74) is 0. The molecule has 0 amide bonds. The zero-order valence-corrected chi connectivity index (χ0v) is 10.6. The van der Waals surface area contributed by atoms with Crippen LogP contribution in [0.5, 0.6) is 0 Å². The van der Waals surface area contributed by atoms with Crippen LogP contribution in [0.3, 0.4) is 0 Å². The second-order valence-electron chi connectivity index (χ2n) is 0.524. The van der Waals surface area contributed by atoms with E-state index in [0.29, 0.717) is 0 Å². The normalized spacial score (nSPS) is 7.50. The molecule has 0 aromatic rings. The van der Waals surface area contributed by atoms with Gasteiger partial charge in [0.15, 0.2) is 0 Å². The molecule has 0 spiro atoms. The van der Waals surface area contributed by atoms with E-state index in [2.05, 4.69) is 0 Å². The Morgan fingerprint density at radius 3 is 1.12 bits per heavy atom. The van der Waals surface area contributed by atoms with E-state index < -0.39 is 9.05 Å². The van der Waals surface area contributed by atoms with Crippen molar-refractivity contribution in [3.8, 4) is 0 Å². The smallest absolute Gasteiger partial charge is 1.00 e. The third-order valence-corrected chi connectivity index (χ3v) is 0. The van der Waals surface area contributed by atoms with Gasteiger partial charge in [0.25, 0.3) is 0 Å². The largest absolute Gasteiger partial charge is 2.00 e. The first kappa shape index (κ1) is 22.4. The number of hydrogen-bond donors (Lipinski definition) is 1. The number of rotatable bonds is 0. The first-order chi connectivity index (χ1) is 2.00. The molecule has 0 fully saturated rings. The average Bonchev–Trinajstić information content (AvgIpc) is 0.722. The molecular weight excluding hydrogens is 239 g/mol. The summed E-state index contributed by atoms with van der Waals surface area (Å²) in [6, 6.07) is 0. The Labute approximate surface area is 107 Å². The molecule has 8 heteroatoms. The zero-order valence-electron chi connectivity index (χ0n) is 3.96. The first-order valence-electron chi connectivity index (χ1n) is 0.836. The van der Waals surface area contributed by atoms with Crippen LogP contribution >= 0.6 is 0 Å². The minimum Gasteiger partial charge on any atom is -1.00 e. The molecule has 0 atom stereocenters. The second kappa shape index (κ2) is 9.59. The summed E-state index contributed by atoms with van der Waals surface area (Å²) in [4.78, 5) is 33.1. The van der Waals surface area contributed by atoms with Crippen molar-refractivity contribution in [2.45, 2.75) is 0 Å². The van der Waals surface area contributed by atoms with Crippen LogP contribution in [0.15, 0.2) is 0 Å². The summed E-state index contributed by atoms with van der Waals surface area (Å²) < 4.78 is 0. The summed E-state index contributed by atoms with van der Waals surface area (Å²) in [5.74, 6) is 0. The van der Waals surface area contributed by atoms with Gasteiger partial charge in [-0.25, -0.2) is 0 Å². The minimum absolute atomic E-state index is 0. The average molecular weight is 240 g/mol. The zero-order chi connectivity index (χ0) is 4.50. The standard InChI is InChI=1S/ClH.Mg.HO4Si.Sr/c;;1-5(2,3)4;/h1H;;1H;/q;+2;-3;+2/p-1. The SMILES string of the molecule is [Cl-].[Mg+2].[O-][Si]([O-])([O-])O.[Sr+2]. The molecule has 1 N–H and O–H groups in total. The molecule has 0 unspecified atom stereocenters. The molecule has 0 saturated heterocycles. The predicted molar refractivity (Wildman–Crippen MR) is 19.5 cm³/mol. The molecule has 0 radical (unpaired) electrons. The molecule has 0 aromatic carbocycles. The van der Waals surface area contributed by atoms with Crippen molar-refractivity contribution in [3.63, 3.8) is 0 Å². The topological polar surface area (TPSA) is 89.4 Å². The number of halogens is 1. The molecule has 0 bridgehead atoms. The molecule has 0 aliphatic heterocycles. The third-order valence-electron chi connectivity index (χ3n) is 0. The van der Waals surface area contributed by atoms with Gasteiger partial charge in [0.1, 0.15) is 0 Å². The van der Waals surface area contributed by atoms with Gasteiger partial charge in [-0.05, 0) is 0 Å². The quantitative estimate of drug-likeness (QED) is 0.426. The molecule has 0 aliphatic rings. The van der Waals surface area contributed by atoms with E-state index in [1.807, 2.05) is 0 Å².